The summed E-state index contributed by atoms with van der Waals surface area (Å²) in [6.45, 7) is 9.58. The van der Waals surface area contributed by atoms with Crippen LogP contribution in [0.3, 0.4) is 0 Å². The predicted molar refractivity (Wildman–Crippen MR) is 115 cm³/mol. The van der Waals surface area contributed by atoms with Crippen LogP contribution in [0, 0.1) is 0 Å². The number of rotatable bonds is 9. The monoisotopic (exact) mass is 414 g/mol. The molecule has 0 aromatic carbocycles. The van der Waals surface area contributed by atoms with Crippen LogP contribution in [0.5, 0.6) is 0 Å². The zero-order valence-corrected chi connectivity index (χ0v) is 17.5. The van der Waals surface area contributed by atoms with Gasteiger partial charge < -0.3 is 14.5 Å². The molecule has 0 saturated heterocycles. The molecule has 0 radical (unpaired) electrons. The first-order valence-electron chi connectivity index (χ1n) is 9.51. The number of hydrogen-bond donors (Lipinski definition) is 1. The van der Waals surface area contributed by atoms with Crippen molar-refractivity contribution in [2.24, 2.45) is 0 Å². The highest BCUT2D eigenvalue weighted by Crippen LogP contribution is 2.09. The average Bonchev–Trinajstić information content (AvgIpc) is 3.17. The van der Waals surface area contributed by atoms with E-state index in [9.17, 15) is 14.4 Å². The highest BCUT2D eigenvalue weighted by atomic mass is 16.6. The van der Waals surface area contributed by atoms with Gasteiger partial charge in [0.25, 0.3) is 5.56 Å². The minimum absolute atomic E-state index is 0.282. The maximum Gasteiger partial charge on any atom is 0.346 e. The van der Waals surface area contributed by atoms with Crippen molar-refractivity contribution in [2.75, 3.05) is 7.11 Å². The number of imidazole rings is 1. The van der Waals surface area contributed by atoms with Crippen molar-refractivity contribution in [1.29, 1.82) is 0 Å². The number of H-pyrrole nitrogens is 1. The summed E-state index contributed by atoms with van der Waals surface area (Å²) in [7, 11) is 1.29. The number of fused-ring (bicyclic) bond motifs is 1. The Morgan fingerprint density at radius 2 is 1.97 bits per heavy atom. The van der Waals surface area contributed by atoms with Gasteiger partial charge in [-0.2, -0.15) is 0 Å². The quantitative estimate of drug-likeness (QED) is 0.383. The molecule has 0 amide bonds. The van der Waals surface area contributed by atoms with E-state index in [2.05, 4.69) is 21.3 Å². The third kappa shape index (κ3) is 4.86. The summed E-state index contributed by atoms with van der Waals surface area (Å²) >= 11 is 0. The van der Waals surface area contributed by atoms with Crippen LogP contribution in [0.2, 0.25) is 0 Å². The zero-order valence-electron chi connectivity index (χ0n) is 17.5. The number of esters is 1. The minimum Gasteiger partial charge on any atom is -0.487 e. The summed E-state index contributed by atoms with van der Waals surface area (Å²) in [4.78, 5) is 43.6. The Morgan fingerprint density at radius 1 is 1.27 bits per heavy atom. The molecule has 2 aromatic rings. The molecule has 0 spiro atoms. The van der Waals surface area contributed by atoms with Gasteiger partial charge in [0.15, 0.2) is 11.8 Å². The molecule has 0 fully saturated rings. The Balaban J connectivity index is 2.28. The molecule has 0 aliphatic rings. The van der Waals surface area contributed by atoms with E-state index >= 15 is 0 Å². The summed E-state index contributed by atoms with van der Waals surface area (Å²) in [5.41, 5.74) is 0.573. The second-order valence-electron chi connectivity index (χ2n) is 6.23. The third-order valence-electron chi connectivity index (χ3n) is 4.36. The van der Waals surface area contributed by atoms with Crippen molar-refractivity contribution < 1.29 is 14.3 Å². The van der Waals surface area contributed by atoms with E-state index in [1.807, 2.05) is 6.92 Å². The molecule has 1 N–H and O–H groups in total. The van der Waals surface area contributed by atoms with E-state index in [1.54, 1.807) is 44.2 Å². The summed E-state index contributed by atoms with van der Waals surface area (Å²) in [6, 6.07) is 0. The SMILES string of the molecule is C=CC(/C=C/c1nc2c([nH]1)c(=O)n(CC)c(=O)n2CC)=C\C=C\OC(C)C(=O)OC. The fourth-order valence-electron chi connectivity index (χ4n) is 2.73. The van der Waals surface area contributed by atoms with E-state index in [0.717, 1.165) is 5.57 Å². The Bertz CT molecular complexity index is 1130. The number of carbonyl (C=O) groups excluding carboxylic acids is 1. The molecule has 0 aliphatic heterocycles. The normalized spacial score (nSPS) is 13.3. The van der Waals surface area contributed by atoms with Crippen molar-refractivity contribution in [3.05, 3.63) is 69.4 Å². The third-order valence-corrected chi connectivity index (χ3v) is 4.36. The highest BCUT2D eigenvalue weighted by Gasteiger charge is 2.15. The lowest BCUT2D eigenvalue weighted by molar-refractivity contribution is -0.149. The van der Waals surface area contributed by atoms with Gasteiger partial charge in [0.2, 0.25) is 0 Å². The van der Waals surface area contributed by atoms with Crippen LogP contribution in [0.25, 0.3) is 17.2 Å². The van der Waals surface area contributed by atoms with Crippen LogP contribution in [0.4, 0.5) is 0 Å². The fraction of sp³-hybridized carbons (Fsp3) is 0.333. The Hall–Kier alpha value is -3.62. The predicted octanol–water partition coefficient (Wildman–Crippen LogP) is 2.14. The van der Waals surface area contributed by atoms with Gasteiger partial charge in [-0.1, -0.05) is 24.8 Å². The number of nitrogens with zero attached hydrogens (tertiary/aromatic N) is 3. The molecule has 0 bridgehead atoms. The smallest absolute Gasteiger partial charge is 0.346 e. The van der Waals surface area contributed by atoms with Crippen LogP contribution < -0.4 is 11.2 Å². The van der Waals surface area contributed by atoms with E-state index in [-0.39, 0.29) is 17.8 Å². The number of nitrogens with one attached hydrogen (secondary N) is 1. The molecule has 160 valence electrons. The zero-order chi connectivity index (χ0) is 22.3. The van der Waals surface area contributed by atoms with Crippen molar-refractivity contribution in [3.8, 4) is 0 Å². The molecule has 2 heterocycles. The van der Waals surface area contributed by atoms with Crippen molar-refractivity contribution in [1.82, 2.24) is 19.1 Å². The molecule has 1 atom stereocenters. The maximum atomic E-state index is 12.5. The summed E-state index contributed by atoms with van der Waals surface area (Å²) in [5, 5.41) is 0. The van der Waals surface area contributed by atoms with Gasteiger partial charge in [0, 0.05) is 13.1 Å². The van der Waals surface area contributed by atoms with E-state index in [1.165, 1.54) is 22.5 Å². The Morgan fingerprint density at radius 3 is 2.57 bits per heavy atom. The molecule has 2 aromatic heterocycles. The van der Waals surface area contributed by atoms with Gasteiger partial charge in [0.1, 0.15) is 11.3 Å². The second-order valence-corrected chi connectivity index (χ2v) is 6.23. The van der Waals surface area contributed by atoms with Gasteiger partial charge in [-0.05, 0) is 38.5 Å². The molecule has 9 heteroatoms. The number of carbonyl (C=O) groups is 1. The molecular formula is C21H26N4O5. The molecule has 0 saturated carbocycles. The number of aryl methyl sites for hydroxylation is 1. The molecule has 9 nitrogen and oxygen atoms in total. The van der Waals surface area contributed by atoms with Crippen molar-refractivity contribution in [2.45, 2.75) is 40.0 Å². The summed E-state index contributed by atoms with van der Waals surface area (Å²) < 4.78 is 12.4. The van der Waals surface area contributed by atoms with Crippen LogP contribution >= 0.6 is 0 Å². The lowest BCUT2D eigenvalue weighted by Gasteiger charge is -2.07. The Labute approximate surface area is 173 Å². The Kier molecular flexibility index (Phi) is 7.74. The number of allylic oxidation sites excluding steroid dienone is 5. The van der Waals surface area contributed by atoms with Gasteiger partial charge in [-0.25, -0.2) is 14.6 Å². The fourth-order valence-corrected chi connectivity index (χ4v) is 2.73. The maximum absolute atomic E-state index is 12.5. The van der Waals surface area contributed by atoms with E-state index in [4.69, 9.17) is 4.74 Å². The lowest BCUT2D eigenvalue weighted by atomic mass is 10.2. The summed E-state index contributed by atoms with van der Waals surface area (Å²) in [6.07, 6.45) is 9.06. The lowest BCUT2D eigenvalue weighted by Crippen LogP contribution is -2.39. The van der Waals surface area contributed by atoms with Gasteiger partial charge in [0.05, 0.1) is 13.4 Å². The molecular weight excluding hydrogens is 388 g/mol. The summed E-state index contributed by atoms with van der Waals surface area (Å²) in [5.74, 6) is -0.0325. The van der Waals surface area contributed by atoms with Gasteiger partial charge in [-0.15, -0.1) is 0 Å². The number of hydrogen-bond acceptors (Lipinski definition) is 6. The average molecular weight is 414 g/mol. The van der Waals surface area contributed by atoms with Gasteiger partial charge >= 0.3 is 11.7 Å². The standard InChI is InChI=1S/C21H26N4O5/c1-6-15(10-9-13-30-14(4)20(27)29-5)11-12-16-22-17-18(23-16)24(7-2)21(28)25(8-3)19(17)26/h6,9-14H,1,7-8H2,2-5H3,(H,22,23)/b12-11+,13-9+,15-10+. The first kappa shape index (κ1) is 22.7. The minimum atomic E-state index is -0.707. The second kappa shape index (κ2) is 10.2. The number of methoxy groups -OCH3 is 1. The molecule has 1 unspecified atom stereocenters. The van der Waals surface area contributed by atoms with Gasteiger partial charge in [-0.3, -0.25) is 13.9 Å². The molecule has 30 heavy (non-hydrogen) atoms. The van der Waals surface area contributed by atoms with Crippen LogP contribution in [0.15, 0.2) is 52.3 Å². The van der Waals surface area contributed by atoms with Crippen molar-refractivity contribution >= 4 is 23.2 Å². The highest BCUT2D eigenvalue weighted by molar-refractivity contribution is 5.74. The number of aromatic amines is 1. The van der Waals surface area contributed by atoms with Crippen LogP contribution in [0.1, 0.15) is 26.6 Å². The van der Waals surface area contributed by atoms with Crippen molar-refractivity contribution in [3.63, 3.8) is 0 Å². The topological polar surface area (TPSA) is 108 Å². The van der Waals surface area contributed by atoms with E-state index < -0.39 is 17.6 Å². The van der Waals surface area contributed by atoms with Crippen LogP contribution in [-0.2, 0) is 27.4 Å². The number of aromatic nitrogens is 4. The first-order valence-corrected chi connectivity index (χ1v) is 9.51. The molecule has 0 aliphatic carbocycles. The first-order chi connectivity index (χ1) is 14.4. The van der Waals surface area contributed by atoms with Crippen LogP contribution in [-0.4, -0.2) is 38.3 Å². The number of ether oxygens (including phenoxy) is 2. The molecule has 2 rings (SSSR count). The van der Waals surface area contributed by atoms with E-state index in [0.29, 0.717) is 18.0 Å². The largest absolute Gasteiger partial charge is 0.487 e.